The second-order valence-electron chi connectivity index (χ2n) is 14.9. The van der Waals surface area contributed by atoms with Gasteiger partial charge in [0.05, 0.1) is 22.4 Å². The van der Waals surface area contributed by atoms with Gasteiger partial charge in [-0.15, -0.1) is 0 Å². The Morgan fingerprint density at radius 2 is 1.08 bits per heavy atom. The van der Waals surface area contributed by atoms with Crippen LogP contribution in [0.4, 0.5) is 0 Å². The van der Waals surface area contributed by atoms with Crippen LogP contribution >= 0.6 is 0 Å². The number of benzene rings is 7. The van der Waals surface area contributed by atoms with Crippen LogP contribution in [0.25, 0.3) is 61.4 Å². The van der Waals surface area contributed by atoms with Crippen molar-refractivity contribution in [3.63, 3.8) is 0 Å². The van der Waals surface area contributed by atoms with Gasteiger partial charge in [-0.25, -0.2) is 9.97 Å². The first-order valence-electron chi connectivity index (χ1n) is 18.4. The van der Waals surface area contributed by atoms with Crippen LogP contribution in [-0.4, -0.2) is 22.6 Å². The minimum atomic E-state index is -2.89. The molecule has 2 aliphatic rings. The van der Waals surface area contributed by atoms with Crippen molar-refractivity contribution >= 4 is 50.6 Å². The highest BCUT2D eigenvalue weighted by atomic mass is 28.3. The van der Waals surface area contributed by atoms with E-state index >= 15 is 0 Å². The molecule has 0 fully saturated rings. The third-order valence-electron chi connectivity index (χ3n) is 11.9. The van der Waals surface area contributed by atoms with Crippen molar-refractivity contribution in [2.24, 2.45) is 0 Å². The average molecular weight is 694 g/mol. The smallest absolute Gasteiger partial charge is 0.235 e. The number of aromatic nitrogens is 3. The van der Waals surface area contributed by atoms with Crippen LogP contribution in [-0.2, 0) is 5.41 Å². The molecule has 250 valence electrons. The predicted octanol–water partition coefficient (Wildman–Crippen LogP) is 8.90. The lowest BCUT2D eigenvalue weighted by atomic mass is 9.82. The largest absolute Gasteiger partial charge is 0.277 e. The molecule has 0 saturated carbocycles. The molecule has 0 radical (unpaired) electrons. The molecule has 2 aromatic heterocycles. The molecule has 1 aliphatic heterocycles. The summed E-state index contributed by atoms with van der Waals surface area (Å²) in [6.07, 6.45) is 0. The summed E-state index contributed by atoms with van der Waals surface area (Å²) in [6.45, 7) is 4.70. The van der Waals surface area contributed by atoms with Crippen molar-refractivity contribution in [1.82, 2.24) is 14.5 Å². The zero-order valence-electron chi connectivity index (χ0n) is 29.6. The van der Waals surface area contributed by atoms with Gasteiger partial charge in [0.15, 0.2) is 8.07 Å². The van der Waals surface area contributed by atoms with Gasteiger partial charge in [-0.1, -0.05) is 184 Å². The molecule has 0 atom stereocenters. The van der Waals surface area contributed by atoms with Crippen molar-refractivity contribution in [3.8, 4) is 39.6 Å². The topological polar surface area (TPSA) is 30.7 Å². The van der Waals surface area contributed by atoms with Crippen LogP contribution in [0.1, 0.15) is 25.0 Å². The molecule has 53 heavy (non-hydrogen) atoms. The maximum absolute atomic E-state index is 5.79. The first-order chi connectivity index (χ1) is 26.1. The Morgan fingerprint density at radius 3 is 1.81 bits per heavy atom. The number of hydrogen-bond donors (Lipinski definition) is 0. The van der Waals surface area contributed by atoms with Gasteiger partial charge in [0.2, 0.25) is 5.95 Å². The first kappa shape index (κ1) is 30.3. The molecule has 1 aliphatic carbocycles. The summed E-state index contributed by atoms with van der Waals surface area (Å²) in [4.78, 5) is 11.6. The summed E-state index contributed by atoms with van der Waals surface area (Å²) >= 11 is 0. The van der Waals surface area contributed by atoms with E-state index in [9.17, 15) is 0 Å². The Labute approximate surface area is 309 Å². The number of para-hydroxylation sites is 1. The average Bonchev–Trinajstić information content (AvgIpc) is 3.80. The highest BCUT2D eigenvalue weighted by Gasteiger charge is 2.52. The molecule has 4 heteroatoms. The summed E-state index contributed by atoms with van der Waals surface area (Å²) in [5.41, 5.74) is 11.7. The molecule has 3 heterocycles. The zero-order valence-corrected chi connectivity index (χ0v) is 30.6. The van der Waals surface area contributed by atoms with Gasteiger partial charge in [0.25, 0.3) is 0 Å². The van der Waals surface area contributed by atoms with E-state index in [4.69, 9.17) is 9.97 Å². The summed E-state index contributed by atoms with van der Waals surface area (Å²) in [5.74, 6) is 0.699. The van der Waals surface area contributed by atoms with Crippen LogP contribution in [0.5, 0.6) is 0 Å². The van der Waals surface area contributed by atoms with Crippen molar-refractivity contribution in [1.29, 1.82) is 0 Å². The summed E-state index contributed by atoms with van der Waals surface area (Å²) < 4.78 is 2.36. The lowest BCUT2D eigenvalue weighted by Gasteiger charge is -2.32. The highest BCUT2D eigenvalue weighted by molar-refractivity contribution is 7.22. The molecule has 0 amide bonds. The quantitative estimate of drug-likeness (QED) is 0.173. The molecule has 0 spiro atoms. The lowest BCUT2D eigenvalue weighted by Crippen LogP contribution is -2.73. The monoisotopic (exact) mass is 693 g/mol. The van der Waals surface area contributed by atoms with Gasteiger partial charge in [-0.05, 0) is 38.3 Å². The van der Waals surface area contributed by atoms with Crippen LogP contribution in [0, 0.1) is 0 Å². The third-order valence-corrected chi connectivity index (χ3v) is 16.8. The van der Waals surface area contributed by atoms with Gasteiger partial charge >= 0.3 is 0 Å². The van der Waals surface area contributed by atoms with E-state index in [0.29, 0.717) is 5.95 Å². The molecular formula is C49H35N3Si. The lowest BCUT2D eigenvalue weighted by molar-refractivity contribution is 0.661. The highest BCUT2D eigenvalue weighted by Crippen LogP contribution is 2.52. The molecule has 3 nitrogen and oxygen atoms in total. The summed E-state index contributed by atoms with van der Waals surface area (Å²) in [5, 5.41) is 7.70. The van der Waals surface area contributed by atoms with Crippen LogP contribution in [0.15, 0.2) is 176 Å². The predicted molar refractivity (Wildman–Crippen MR) is 222 cm³/mol. The molecular weight excluding hydrogens is 659 g/mol. The number of rotatable bonds is 4. The van der Waals surface area contributed by atoms with Crippen LogP contribution < -0.4 is 20.7 Å². The second kappa shape index (κ2) is 11.1. The number of nitrogens with zero attached hydrogens (tertiary/aromatic N) is 3. The maximum Gasteiger partial charge on any atom is 0.235 e. The standard InChI is InChI=1S/C49H35N3Si/c1-49(2)39-27-15-12-25-37(39)43-40(49)31-30-36-35-24-13-16-28-41(35)52(46(36)43)48-50-44(32-18-6-3-7-19-32)47-45(51-48)38-26-14-17-29-42(38)53(47,33-20-8-4-9-21-33)34-22-10-5-11-23-34/h3-31H,1-2H3. The SMILES string of the molecule is CC1(C)c2ccccc2-c2c1ccc1c3ccccc3n(-c3nc(-c4ccccc4)c4c(n3)-c3ccccc3[Si]4(c3ccccc3)c3ccccc3)c21. The number of fused-ring (bicyclic) bond motifs is 10. The molecule has 9 aromatic rings. The van der Waals surface area contributed by atoms with Gasteiger partial charge in [-0.2, -0.15) is 0 Å². The van der Waals surface area contributed by atoms with E-state index in [1.165, 1.54) is 64.9 Å². The maximum atomic E-state index is 5.79. The van der Waals surface area contributed by atoms with Gasteiger partial charge in [0.1, 0.15) is 0 Å². The van der Waals surface area contributed by atoms with Gasteiger partial charge in [-0.3, -0.25) is 4.57 Å². The van der Waals surface area contributed by atoms with E-state index in [-0.39, 0.29) is 5.41 Å². The Morgan fingerprint density at radius 1 is 0.491 bits per heavy atom. The van der Waals surface area contributed by atoms with E-state index in [2.05, 4.69) is 194 Å². The fourth-order valence-electron chi connectivity index (χ4n) is 9.65. The van der Waals surface area contributed by atoms with E-state index < -0.39 is 8.07 Å². The molecule has 0 saturated heterocycles. The van der Waals surface area contributed by atoms with E-state index in [1.807, 2.05) is 0 Å². The normalized spacial score (nSPS) is 14.5. The summed E-state index contributed by atoms with van der Waals surface area (Å²) in [7, 11) is -2.89. The van der Waals surface area contributed by atoms with Crippen molar-refractivity contribution < 1.29 is 0 Å². The van der Waals surface area contributed by atoms with Crippen LogP contribution in [0.2, 0.25) is 0 Å². The molecule has 0 bridgehead atoms. The molecule has 0 N–H and O–H groups in total. The Kier molecular flexibility index (Phi) is 6.32. The van der Waals surface area contributed by atoms with Crippen molar-refractivity contribution in [3.05, 3.63) is 187 Å². The Hall–Kier alpha value is -6.36. The van der Waals surface area contributed by atoms with Crippen LogP contribution in [0.3, 0.4) is 0 Å². The Balaban J connectivity index is 1.33. The molecule has 0 unspecified atom stereocenters. The van der Waals surface area contributed by atoms with Crippen molar-refractivity contribution in [2.45, 2.75) is 19.3 Å². The zero-order chi connectivity index (χ0) is 35.3. The van der Waals surface area contributed by atoms with Crippen molar-refractivity contribution in [2.75, 3.05) is 0 Å². The minimum Gasteiger partial charge on any atom is -0.277 e. The first-order valence-corrected chi connectivity index (χ1v) is 20.4. The second-order valence-corrected chi connectivity index (χ2v) is 18.6. The van der Waals surface area contributed by atoms with E-state index in [1.54, 1.807) is 0 Å². The fraction of sp³-hybridized carbons (Fsp3) is 0.0612. The van der Waals surface area contributed by atoms with Gasteiger partial charge < -0.3 is 0 Å². The molecule has 7 aromatic carbocycles. The fourth-order valence-corrected chi connectivity index (χ4v) is 14.9. The minimum absolute atomic E-state index is 0.134. The molecule has 11 rings (SSSR count). The third kappa shape index (κ3) is 3.99. The van der Waals surface area contributed by atoms with E-state index in [0.717, 1.165) is 22.5 Å². The Bertz CT molecular complexity index is 2870. The number of hydrogen-bond acceptors (Lipinski definition) is 2. The summed E-state index contributed by atoms with van der Waals surface area (Å²) in [6, 6.07) is 64.4. The van der Waals surface area contributed by atoms with Gasteiger partial charge in [0, 0.05) is 38.1 Å².